The molecule has 0 aromatic carbocycles. The van der Waals surface area contributed by atoms with Crippen LogP contribution in [0.1, 0.15) is 38.5 Å². The highest BCUT2D eigenvalue weighted by atomic mass is 32.2. The molecule has 2 fully saturated rings. The molecule has 5 nitrogen and oxygen atoms in total. The van der Waals surface area contributed by atoms with Crippen LogP contribution < -0.4 is 5.32 Å². The largest absolute Gasteiger partial charge is 0.395 e. The average Bonchev–Trinajstić information content (AvgIpc) is 2.97. The summed E-state index contributed by atoms with van der Waals surface area (Å²) in [5.41, 5.74) is 0. The minimum atomic E-state index is -3.24. The highest BCUT2D eigenvalue weighted by molar-refractivity contribution is 7.89. The molecule has 1 heterocycles. The molecule has 106 valence electrons. The van der Waals surface area contributed by atoms with Crippen LogP contribution in [0.5, 0.6) is 0 Å². The van der Waals surface area contributed by atoms with Gasteiger partial charge in [0.05, 0.1) is 12.4 Å². The van der Waals surface area contributed by atoms with E-state index in [0.29, 0.717) is 0 Å². The fourth-order valence-electron chi connectivity index (χ4n) is 3.09. The average molecular weight is 276 g/mol. The van der Waals surface area contributed by atoms with Gasteiger partial charge in [0, 0.05) is 18.6 Å². The predicted octanol–water partition coefficient (Wildman–Crippen LogP) is 0.305. The molecule has 1 saturated carbocycles. The number of aliphatic hydroxyl groups excluding tert-OH is 1. The maximum atomic E-state index is 12.4. The first-order chi connectivity index (χ1) is 8.63. The summed E-state index contributed by atoms with van der Waals surface area (Å²) in [6.07, 6.45) is 6.09. The maximum absolute atomic E-state index is 12.4. The van der Waals surface area contributed by atoms with Crippen molar-refractivity contribution in [3.63, 3.8) is 0 Å². The number of nitrogens with zero attached hydrogens (tertiary/aromatic N) is 1. The molecule has 1 saturated heterocycles. The van der Waals surface area contributed by atoms with Crippen LogP contribution >= 0.6 is 0 Å². The van der Waals surface area contributed by atoms with E-state index in [-0.39, 0.29) is 31.0 Å². The molecule has 0 amide bonds. The van der Waals surface area contributed by atoms with Crippen molar-refractivity contribution in [2.45, 2.75) is 50.6 Å². The Bertz CT molecular complexity index is 346. The summed E-state index contributed by atoms with van der Waals surface area (Å²) in [4.78, 5) is 0. The van der Waals surface area contributed by atoms with Gasteiger partial charge in [-0.3, -0.25) is 0 Å². The lowest BCUT2D eigenvalue weighted by atomic mass is 10.2. The highest BCUT2D eigenvalue weighted by Gasteiger charge is 2.33. The molecule has 1 aliphatic carbocycles. The fourth-order valence-corrected chi connectivity index (χ4v) is 5.10. The first kappa shape index (κ1) is 14.2. The summed E-state index contributed by atoms with van der Waals surface area (Å²) in [5.74, 6) is 0.184. The van der Waals surface area contributed by atoms with Gasteiger partial charge >= 0.3 is 0 Å². The van der Waals surface area contributed by atoms with Crippen LogP contribution in [0.4, 0.5) is 0 Å². The number of aliphatic hydroxyl groups is 1. The van der Waals surface area contributed by atoms with Gasteiger partial charge in [0.15, 0.2) is 0 Å². The smallest absolute Gasteiger partial charge is 0.215 e. The van der Waals surface area contributed by atoms with Crippen molar-refractivity contribution in [3.05, 3.63) is 0 Å². The Morgan fingerprint density at radius 3 is 2.44 bits per heavy atom. The quantitative estimate of drug-likeness (QED) is 0.732. The monoisotopic (exact) mass is 276 g/mol. The van der Waals surface area contributed by atoms with E-state index in [1.54, 1.807) is 4.31 Å². The van der Waals surface area contributed by atoms with Gasteiger partial charge in [0.1, 0.15) is 0 Å². The molecular formula is C12H24N2O3S. The second kappa shape index (κ2) is 6.32. The third-order valence-electron chi connectivity index (χ3n) is 3.98. The fraction of sp³-hybridized carbons (Fsp3) is 1.00. The predicted molar refractivity (Wildman–Crippen MR) is 70.9 cm³/mol. The van der Waals surface area contributed by atoms with Gasteiger partial charge in [0.2, 0.25) is 10.0 Å². The molecule has 1 unspecified atom stereocenters. The Kier molecular flexibility index (Phi) is 5.00. The van der Waals surface area contributed by atoms with E-state index in [0.717, 1.165) is 45.1 Å². The Morgan fingerprint density at radius 1 is 1.17 bits per heavy atom. The molecular weight excluding hydrogens is 252 g/mol. The third kappa shape index (κ3) is 3.44. The SMILES string of the molecule is O=S(=O)(CC1CCCN1)N(CCO)C1CCCC1. The first-order valence-corrected chi connectivity index (χ1v) is 8.58. The summed E-state index contributed by atoms with van der Waals surface area (Å²) >= 11 is 0. The van der Waals surface area contributed by atoms with Crippen molar-refractivity contribution in [1.82, 2.24) is 9.62 Å². The van der Waals surface area contributed by atoms with E-state index in [2.05, 4.69) is 5.32 Å². The van der Waals surface area contributed by atoms with Gasteiger partial charge < -0.3 is 10.4 Å². The van der Waals surface area contributed by atoms with Crippen LogP contribution in [-0.2, 0) is 10.0 Å². The summed E-state index contributed by atoms with van der Waals surface area (Å²) in [7, 11) is -3.24. The Morgan fingerprint density at radius 2 is 1.89 bits per heavy atom. The minimum Gasteiger partial charge on any atom is -0.395 e. The van der Waals surface area contributed by atoms with E-state index in [4.69, 9.17) is 5.11 Å². The maximum Gasteiger partial charge on any atom is 0.215 e. The number of rotatable bonds is 6. The molecule has 0 spiro atoms. The third-order valence-corrected chi connectivity index (χ3v) is 6.00. The number of hydrogen-bond donors (Lipinski definition) is 2. The molecule has 0 aromatic heterocycles. The second-order valence-electron chi connectivity index (χ2n) is 5.34. The van der Waals surface area contributed by atoms with Gasteiger partial charge in [-0.2, -0.15) is 4.31 Å². The van der Waals surface area contributed by atoms with Gasteiger partial charge in [-0.1, -0.05) is 12.8 Å². The Hall–Kier alpha value is -0.170. The zero-order chi connectivity index (χ0) is 13.0. The molecule has 1 aliphatic heterocycles. The molecule has 1 atom stereocenters. The van der Waals surface area contributed by atoms with E-state index < -0.39 is 10.0 Å². The molecule has 6 heteroatoms. The van der Waals surface area contributed by atoms with Crippen LogP contribution in [0, 0.1) is 0 Å². The van der Waals surface area contributed by atoms with Gasteiger partial charge in [-0.15, -0.1) is 0 Å². The van der Waals surface area contributed by atoms with Crippen molar-refractivity contribution in [1.29, 1.82) is 0 Å². The lowest BCUT2D eigenvalue weighted by Crippen LogP contribution is -2.45. The first-order valence-electron chi connectivity index (χ1n) is 6.97. The van der Waals surface area contributed by atoms with Gasteiger partial charge in [-0.05, 0) is 32.2 Å². The summed E-state index contributed by atoms with van der Waals surface area (Å²) in [6, 6.07) is 0.209. The molecule has 0 radical (unpaired) electrons. The second-order valence-corrected chi connectivity index (χ2v) is 7.31. The van der Waals surface area contributed by atoms with Crippen LogP contribution in [0.15, 0.2) is 0 Å². The van der Waals surface area contributed by atoms with E-state index >= 15 is 0 Å². The van der Waals surface area contributed by atoms with Crippen LogP contribution in [0.25, 0.3) is 0 Å². The lowest BCUT2D eigenvalue weighted by molar-refractivity contribution is 0.226. The van der Waals surface area contributed by atoms with Crippen molar-refractivity contribution in [2.24, 2.45) is 0 Å². The van der Waals surface area contributed by atoms with Crippen molar-refractivity contribution < 1.29 is 13.5 Å². The summed E-state index contributed by atoms with van der Waals surface area (Å²) < 4.78 is 26.4. The van der Waals surface area contributed by atoms with Gasteiger partial charge in [0.25, 0.3) is 0 Å². The van der Waals surface area contributed by atoms with Crippen molar-refractivity contribution in [3.8, 4) is 0 Å². The van der Waals surface area contributed by atoms with Gasteiger partial charge in [-0.25, -0.2) is 8.42 Å². The van der Waals surface area contributed by atoms with E-state index in [9.17, 15) is 8.42 Å². The van der Waals surface area contributed by atoms with Crippen molar-refractivity contribution >= 4 is 10.0 Å². The van der Waals surface area contributed by atoms with Crippen LogP contribution in [0.2, 0.25) is 0 Å². The lowest BCUT2D eigenvalue weighted by Gasteiger charge is -2.28. The molecule has 0 bridgehead atoms. The number of hydrogen-bond acceptors (Lipinski definition) is 4. The van der Waals surface area contributed by atoms with Crippen LogP contribution in [-0.4, -0.2) is 55.4 Å². The standard InChI is InChI=1S/C12H24N2O3S/c15-9-8-14(12-5-1-2-6-12)18(16,17)10-11-4-3-7-13-11/h11-13,15H,1-10H2. The highest BCUT2D eigenvalue weighted by Crippen LogP contribution is 2.26. The van der Waals surface area contributed by atoms with Crippen molar-refractivity contribution in [2.75, 3.05) is 25.4 Å². The summed E-state index contributed by atoms with van der Waals surface area (Å²) in [6.45, 7) is 1.08. The Labute approximate surface area is 110 Å². The number of sulfonamides is 1. The minimum absolute atomic E-state index is 0.0895. The molecule has 2 aliphatic rings. The van der Waals surface area contributed by atoms with E-state index in [1.807, 2.05) is 0 Å². The molecule has 0 aromatic rings. The zero-order valence-corrected chi connectivity index (χ0v) is 11.7. The normalized spacial score (nSPS) is 26.2. The zero-order valence-electron chi connectivity index (χ0n) is 10.8. The Balaban J connectivity index is 2.02. The molecule has 18 heavy (non-hydrogen) atoms. The topological polar surface area (TPSA) is 69.6 Å². The van der Waals surface area contributed by atoms with E-state index in [1.165, 1.54) is 0 Å². The van der Waals surface area contributed by atoms with Crippen LogP contribution in [0.3, 0.4) is 0 Å². The molecule has 2 rings (SSSR count). The number of nitrogens with one attached hydrogen (secondary N) is 1. The summed E-state index contributed by atoms with van der Waals surface area (Å²) in [5, 5.41) is 12.3. The molecule has 2 N–H and O–H groups in total.